The monoisotopic (exact) mass is 287 g/mol. The van der Waals surface area contributed by atoms with Gasteiger partial charge in [-0.15, -0.1) is 0 Å². The highest BCUT2D eigenvalue weighted by Crippen LogP contribution is 2.27. The van der Waals surface area contributed by atoms with E-state index in [0.717, 1.165) is 19.4 Å². The second-order valence-electron chi connectivity index (χ2n) is 6.47. The molecule has 5 heteroatoms. The Hall–Kier alpha value is -0.200. The molecule has 0 aromatic rings. The molecule has 20 heavy (non-hydrogen) atoms. The van der Waals surface area contributed by atoms with Crippen molar-refractivity contribution in [2.75, 3.05) is 13.1 Å². The predicted molar refractivity (Wildman–Crippen MR) is 76.3 cm³/mol. The summed E-state index contributed by atoms with van der Waals surface area (Å²) in [6.45, 7) is 5.67. The smallest absolute Gasteiger partial charge is 0.186 e. The van der Waals surface area contributed by atoms with Gasteiger partial charge in [-0.25, -0.2) is 0 Å². The van der Waals surface area contributed by atoms with Crippen molar-refractivity contribution in [1.82, 2.24) is 5.32 Å². The summed E-state index contributed by atoms with van der Waals surface area (Å²) in [5.74, 6) is 0.549. The van der Waals surface area contributed by atoms with Crippen LogP contribution in [-0.4, -0.2) is 54.0 Å². The third kappa shape index (κ3) is 4.40. The number of aliphatic hydroxyl groups excluding tert-OH is 2. The molecule has 0 radical (unpaired) electrons. The molecule has 1 aliphatic carbocycles. The van der Waals surface area contributed by atoms with Gasteiger partial charge in [0.2, 0.25) is 0 Å². The van der Waals surface area contributed by atoms with Crippen LogP contribution in [0.15, 0.2) is 0 Å². The maximum absolute atomic E-state index is 10.0. The molecule has 0 aromatic carbocycles. The molecule has 4 atom stereocenters. The highest BCUT2D eigenvalue weighted by Gasteiger charge is 2.44. The lowest BCUT2D eigenvalue weighted by atomic mass is 9.98. The van der Waals surface area contributed by atoms with E-state index in [2.05, 4.69) is 19.2 Å². The molecular weight excluding hydrogens is 258 g/mol. The standard InChI is InChI=1S/C15H29NO4/c1-10(2)8-16-9-12-13(17)14(18)15(20-12)19-11-6-4-3-5-7-11/h10-18H,3-9H2,1-2H3/t12-,13+,14+,15+/m0/s1. The highest BCUT2D eigenvalue weighted by molar-refractivity contribution is 4.88. The average Bonchev–Trinajstić information content (AvgIpc) is 2.68. The summed E-state index contributed by atoms with van der Waals surface area (Å²) in [7, 11) is 0. The van der Waals surface area contributed by atoms with Gasteiger partial charge in [0.1, 0.15) is 18.3 Å². The number of hydrogen-bond acceptors (Lipinski definition) is 5. The molecule has 118 valence electrons. The Labute approximate surface area is 121 Å². The summed E-state index contributed by atoms with van der Waals surface area (Å²) in [6, 6.07) is 0. The van der Waals surface area contributed by atoms with E-state index in [1.165, 1.54) is 19.3 Å². The Balaban J connectivity index is 1.76. The molecule has 1 heterocycles. The van der Waals surface area contributed by atoms with E-state index in [1.54, 1.807) is 0 Å². The molecule has 0 spiro atoms. The van der Waals surface area contributed by atoms with Crippen LogP contribution < -0.4 is 5.32 Å². The van der Waals surface area contributed by atoms with Crippen LogP contribution in [0, 0.1) is 5.92 Å². The molecule has 5 nitrogen and oxygen atoms in total. The lowest BCUT2D eigenvalue weighted by Crippen LogP contribution is -2.39. The van der Waals surface area contributed by atoms with Gasteiger partial charge in [-0.2, -0.15) is 0 Å². The van der Waals surface area contributed by atoms with E-state index in [9.17, 15) is 10.2 Å². The van der Waals surface area contributed by atoms with E-state index in [0.29, 0.717) is 12.5 Å². The van der Waals surface area contributed by atoms with E-state index in [1.807, 2.05) is 0 Å². The molecule has 3 N–H and O–H groups in total. The van der Waals surface area contributed by atoms with Gasteiger partial charge in [0.15, 0.2) is 6.29 Å². The molecule has 2 aliphatic rings. The van der Waals surface area contributed by atoms with E-state index >= 15 is 0 Å². The minimum Gasteiger partial charge on any atom is -0.387 e. The van der Waals surface area contributed by atoms with Crippen LogP contribution in [0.25, 0.3) is 0 Å². The SMILES string of the molecule is CC(C)CNC[C@@H]1O[C@@H](OC2CCCCC2)[C@H](O)[C@@H]1O. The first-order chi connectivity index (χ1) is 9.58. The van der Waals surface area contributed by atoms with Crippen molar-refractivity contribution in [1.29, 1.82) is 0 Å². The summed E-state index contributed by atoms with van der Waals surface area (Å²) >= 11 is 0. The summed E-state index contributed by atoms with van der Waals surface area (Å²) in [6.07, 6.45) is 2.95. The van der Waals surface area contributed by atoms with Gasteiger partial charge in [-0.05, 0) is 25.3 Å². The van der Waals surface area contributed by atoms with Crippen molar-refractivity contribution in [2.45, 2.75) is 76.7 Å². The van der Waals surface area contributed by atoms with Crippen molar-refractivity contribution >= 4 is 0 Å². The Morgan fingerprint density at radius 1 is 1.15 bits per heavy atom. The number of aliphatic hydroxyl groups is 2. The normalized spacial score (nSPS) is 35.9. The molecule has 2 fully saturated rings. The lowest BCUT2D eigenvalue weighted by molar-refractivity contribution is -0.195. The van der Waals surface area contributed by atoms with Crippen molar-refractivity contribution in [3.05, 3.63) is 0 Å². The van der Waals surface area contributed by atoms with Crippen LogP contribution >= 0.6 is 0 Å². The van der Waals surface area contributed by atoms with Crippen LogP contribution in [0.1, 0.15) is 46.0 Å². The Kier molecular flexibility index (Phi) is 6.23. The third-order valence-electron chi connectivity index (χ3n) is 4.10. The number of hydrogen-bond donors (Lipinski definition) is 3. The molecule has 0 aromatic heterocycles. The third-order valence-corrected chi connectivity index (χ3v) is 4.10. The van der Waals surface area contributed by atoms with Crippen LogP contribution in [0.2, 0.25) is 0 Å². The quantitative estimate of drug-likeness (QED) is 0.680. The molecule has 2 rings (SSSR count). The average molecular weight is 287 g/mol. The van der Waals surface area contributed by atoms with Crippen molar-refractivity contribution in [2.24, 2.45) is 5.92 Å². The van der Waals surface area contributed by atoms with Gasteiger partial charge in [0, 0.05) is 6.54 Å². The fourth-order valence-corrected chi connectivity index (χ4v) is 2.90. The fraction of sp³-hybridized carbons (Fsp3) is 1.00. The molecular formula is C15H29NO4. The van der Waals surface area contributed by atoms with Gasteiger partial charge in [0.25, 0.3) is 0 Å². The minimum atomic E-state index is -0.942. The van der Waals surface area contributed by atoms with E-state index in [-0.39, 0.29) is 6.10 Å². The first-order valence-electron chi connectivity index (χ1n) is 7.95. The maximum atomic E-state index is 10.0. The summed E-state index contributed by atoms with van der Waals surface area (Å²) in [4.78, 5) is 0. The topological polar surface area (TPSA) is 71.0 Å². The van der Waals surface area contributed by atoms with Crippen LogP contribution in [0.4, 0.5) is 0 Å². The van der Waals surface area contributed by atoms with Crippen molar-refractivity contribution in [3.8, 4) is 0 Å². The van der Waals surface area contributed by atoms with Crippen molar-refractivity contribution in [3.63, 3.8) is 0 Å². The first kappa shape index (κ1) is 16.2. The van der Waals surface area contributed by atoms with Gasteiger partial charge < -0.3 is 25.0 Å². The van der Waals surface area contributed by atoms with Crippen LogP contribution in [0.5, 0.6) is 0 Å². The molecule has 0 amide bonds. The minimum absolute atomic E-state index is 0.165. The molecule has 1 saturated carbocycles. The zero-order valence-corrected chi connectivity index (χ0v) is 12.6. The van der Waals surface area contributed by atoms with Gasteiger partial charge in [0.05, 0.1) is 6.10 Å². The lowest BCUT2D eigenvalue weighted by Gasteiger charge is -2.26. The number of rotatable bonds is 6. The van der Waals surface area contributed by atoms with Crippen LogP contribution in [0.3, 0.4) is 0 Å². The second-order valence-corrected chi connectivity index (χ2v) is 6.47. The second kappa shape index (κ2) is 7.71. The van der Waals surface area contributed by atoms with Gasteiger partial charge in [-0.3, -0.25) is 0 Å². The van der Waals surface area contributed by atoms with Gasteiger partial charge >= 0.3 is 0 Å². The van der Waals surface area contributed by atoms with E-state index < -0.39 is 24.6 Å². The largest absolute Gasteiger partial charge is 0.387 e. The van der Waals surface area contributed by atoms with Gasteiger partial charge in [-0.1, -0.05) is 33.1 Å². The summed E-state index contributed by atoms with van der Waals surface area (Å²) in [5, 5.41) is 23.3. The molecule has 0 unspecified atom stereocenters. The summed E-state index contributed by atoms with van der Waals surface area (Å²) < 4.78 is 11.5. The number of nitrogens with one attached hydrogen (secondary N) is 1. The molecule has 0 bridgehead atoms. The van der Waals surface area contributed by atoms with Crippen molar-refractivity contribution < 1.29 is 19.7 Å². The van der Waals surface area contributed by atoms with E-state index in [4.69, 9.17) is 9.47 Å². The number of ether oxygens (including phenoxy) is 2. The maximum Gasteiger partial charge on any atom is 0.186 e. The first-order valence-corrected chi connectivity index (χ1v) is 7.95. The van der Waals surface area contributed by atoms with Crippen LogP contribution in [-0.2, 0) is 9.47 Å². The zero-order chi connectivity index (χ0) is 14.5. The molecule has 1 aliphatic heterocycles. The Morgan fingerprint density at radius 3 is 2.50 bits per heavy atom. The predicted octanol–water partition coefficient (Wildman–Crippen LogP) is 1.03. The molecule has 1 saturated heterocycles. The fourth-order valence-electron chi connectivity index (χ4n) is 2.90. The highest BCUT2D eigenvalue weighted by atomic mass is 16.7. The summed E-state index contributed by atoms with van der Waals surface area (Å²) in [5.41, 5.74) is 0. The Morgan fingerprint density at radius 2 is 1.85 bits per heavy atom. The zero-order valence-electron chi connectivity index (χ0n) is 12.6. The Bertz CT molecular complexity index is 281.